The highest BCUT2D eigenvalue weighted by atomic mass is 16.6. The second-order valence-corrected chi connectivity index (χ2v) is 21.9. The summed E-state index contributed by atoms with van der Waals surface area (Å²) in [4.78, 5) is 48.4. The van der Waals surface area contributed by atoms with E-state index in [-0.39, 0.29) is 30.9 Å². The predicted octanol–water partition coefficient (Wildman–Crippen LogP) is 13.6. The third kappa shape index (κ3) is 24.0. The van der Waals surface area contributed by atoms with Gasteiger partial charge in [0.1, 0.15) is 42.8 Å². The van der Waals surface area contributed by atoms with Gasteiger partial charge in [-0.15, -0.1) is 0 Å². The van der Waals surface area contributed by atoms with Crippen molar-refractivity contribution in [2.24, 2.45) is 5.73 Å². The Morgan fingerprint density at radius 2 is 1.09 bits per heavy atom. The maximum absolute atomic E-state index is 13.6. The van der Waals surface area contributed by atoms with Gasteiger partial charge in [-0.2, -0.15) is 5.26 Å². The van der Waals surface area contributed by atoms with Crippen LogP contribution in [0.25, 0.3) is 0 Å². The molecule has 0 saturated heterocycles. The molecular weight excluding hydrogens is 1090 g/mol. The van der Waals surface area contributed by atoms with Crippen molar-refractivity contribution < 1.29 is 38.1 Å². The number of hydrogen-bond donors (Lipinski definition) is 5. The van der Waals surface area contributed by atoms with Gasteiger partial charge in [-0.05, 0) is 150 Å². The molecule has 7 aromatic rings. The Hall–Kier alpha value is -9.27. The van der Waals surface area contributed by atoms with Crippen LogP contribution < -0.4 is 31.2 Å². The number of amides is 1. The molecule has 458 valence electrons. The van der Waals surface area contributed by atoms with Gasteiger partial charge in [0.05, 0.1) is 36.2 Å². The number of unbranched alkanes of at least 4 members (excludes halogenated alkanes) is 4. The zero-order chi connectivity index (χ0) is 62.2. The summed E-state index contributed by atoms with van der Waals surface area (Å²) < 4.78 is 29.0. The van der Waals surface area contributed by atoms with Gasteiger partial charge in [0, 0.05) is 79.5 Å². The zero-order valence-electron chi connectivity index (χ0n) is 51.3. The summed E-state index contributed by atoms with van der Waals surface area (Å²) >= 11 is 0. The summed E-state index contributed by atoms with van der Waals surface area (Å²) in [5.74, 6) is 1.11. The Balaban J connectivity index is 0.000000287. The lowest BCUT2D eigenvalue weighted by Crippen LogP contribution is -2.37. The maximum Gasteiger partial charge on any atom is 0.410 e. The number of nitrogens with zero attached hydrogens (tertiary/aromatic N) is 4. The second kappa shape index (κ2) is 35.9. The van der Waals surface area contributed by atoms with E-state index in [1.165, 1.54) is 0 Å². The van der Waals surface area contributed by atoms with E-state index < -0.39 is 11.7 Å². The lowest BCUT2D eigenvalue weighted by Gasteiger charge is -2.29. The summed E-state index contributed by atoms with van der Waals surface area (Å²) in [5.41, 5.74) is 16.4. The SMILES string of the molecule is CCOC(=O)CCCCCNCc1c(CNc2ccc(C(=N)N)cc2)cnc(C)c1OCc1ccccc1.Cc1ncc(CNc2ccc(C#N)cc2)c(CN(CCCCCC(=O)OCc2ccccc2)C(=O)OC(C)(C)C)c1OCc1ccccc1. The van der Waals surface area contributed by atoms with E-state index in [1.54, 1.807) is 17.0 Å². The van der Waals surface area contributed by atoms with Crippen LogP contribution >= 0.6 is 0 Å². The molecule has 0 fully saturated rings. The van der Waals surface area contributed by atoms with Crippen molar-refractivity contribution in [3.05, 3.63) is 213 Å². The summed E-state index contributed by atoms with van der Waals surface area (Å²) in [6, 6.07) is 46.5. The Labute approximate surface area is 513 Å². The predicted molar refractivity (Wildman–Crippen MR) is 341 cm³/mol. The lowest BCUT2D eigenvalue weighted by molar-refractivity contribution is -0.145. The molecule has 87 heavy (non-hydrogen) atoms. The molecule has 0 bridgehead atoms. The second-order valence-electron chi connectivity index (χ2n) is 21.9. The molecule has 17 heteroatoms. The summed E-state index contributed by atoms with van der Waals surface area (Å²) in [5, 5.41) is 27.2. The number of carbonyl (C=O) groups excluding carboxylic acids is 3. The van der Waals surface area contributed by atoms with Gasteiger partial charge in [-0.25, -0.2) is 4.79 Å². The van der Waals surface area contributed by atoms with Crippen molar-refractivity contribution in [3.63, 3.8) is 0 Å². The molecule has 0 aliphatic rings. The van der Waals surface area contributed by atoms with E-state index in [4.69, 9.17) is 34.8 Å². The number of nitrogen functional groups attached to an aromatic ring is 1. The smallest absolute Gasteiger partial charge is 0.410 e. The Morgan fingerprint density at radius 3 is 1.60 bits per heavy atom. The standard InChI is InChI=1S/C40H46N4O5.C30H39N5O3/c1-30-38(48-29-33-16-10-6-11-17-33)36(34(25-42-30)26-43-35-21-19-31(24-41)20-22-35)27-44(39(46)49-40(2,3)4)23-13-7-12-18-37(45)47-28-32-14-8-5-9-15-32;1-3-37-28(36)12-8-5-9-17-33-20-27-25(19-35-26-15-13-24(14-16-26)30(31)32)18-34-22(2)29(27)38-21-23-10-6-4-7-11-23/h5-6,8-11,14-17,19-22,25,43H,7,12-13,18,23,26-29H2,1-4H3;4,6-7,10-11,13-16,18,33,35H,3,5,8-9,12,17,19-21H2,1-2H3,(H3,31,32). The van der Waals surface area contributed by atoms with Gasteiger partial charge < -0.3 is 50.3 Å². The molecule has 0 spiro atoms. The average Bonchev–Trinajstić information content (AvgIpc) is 2.63. The number of nitrogens with two attached hydrogens (primary N) is 1. The van der Waals surface area contributed by atoms with Crippen LogP contribution in [0, 0.1) is 30.6 Å². The fourth-order valence-corrected chi connectivity index (χ4v) is 9.14. The number of anilines is 2. The minimum atomic E-state index is -0.682. The third-order valence-corrected chi connectivity index (χ3v) is 13.8. The molecule has 1 amide bonds. The van der Waals surface area contributed by atoms with Crippen LogP contribution in [0.5, 0.6) is 11.5 Å². The van der Waals surface area contributed by atoms with Crippen molar-refractivity contribution >= 4 is 35.2 Å². The first kappa shape index (κ1) is 66.9. The number of aromatic nitrogens is 2. The Kier molecular flexibility index (Phi) is 27.6. The van der Waals surface area contributed by atoms with Crippen LogP contribution in [0.3, 0.4) is 0 Å². The molecule has 2 aromatic heterocycles. The van der Waals surface area contributed by atoms with Crippen LogP contribution in [0.1, 0.15) is 141 Å². The van der Waals surface area contributed by atoms with Crippen LogP contribution in [-0.2, 0) is 69.8 Å². The first-order chi connectivity index (χ1) is 42.1. The van der Waals surface area contributed by atoms with E-state index in [0.717, 1.165) is 94.0 Å². The minimum Gasteiger partial charge on any atom is -0.487 e. The number of amidine groups is 1. The van der Waals surface area contributed by atoms with Crippen molar-refractivity contribution in [1.29, 1.82) is 10.7 Å². The fraction of sp³-hybridized carbons (Fsp3) is 0.357. The van der Waals surface area contributed by atoms with Crippen molar-refractivity contribution in [2.75, 3.05) is 30.3 Å². The Bertz CT molecular complexity index is 3280. The number of carbonyl (C=O) groups is 3. The van der Waals surface area contributed by atoms with Gasteiger partial charge in [-0.3, -0.25) is 25.0 Å². The van der Waals surface area contributed by atoms with E-state index in [0.29, 0.717) is 94.3 Å². The molecule has 0 atom stereocenters. The van der Waals surface area contributed by atoms with Gasteiger partial charge in [0.2, 0.25) is 0 Å². The minimum absolute atomic E-state index is 0.0498. The summed E-state index contributed by atoms with van der Waals surface area (Å²) in [6.45, 7) is 15.9. The van der Waals surface area contributed by atoms with Crippen LogP contribution in [0.15, 0.2) is 152 Å². The van der Waals surface area contributed by atoms with E-state index >= 15 is 0 Å². The monoisotopic (exact) mass is 1180 g/mol. The number of esters is 2. The quantitative estimate of drug-likeness (QED) is 0.00867. The molecule has 0 unspecified atom stereocenters. The number of nitrogens with one attached hydrogen (secondary N) is 4. The molecular formula is C70H85N9O8. The highest BCUT2D eigenvalue weighted by Crippen LogP contribution is 2.31. The topological polar surface area (TPSA) is 236 Å². The number of hydrogen-bond acceptors (Lipinski definition) is 15. The van der Waals surface area contributed by atoms with Gasteiger partial charge in [0.15, 0.2) is 0 Å². The first-order valence-electron chi connectivity index (χ1n) is 29.8. The Morgan fingerprint density at radius 1 is 0.609 bits per heavy atom. The number of nitriles is 1. The normalized spacial score (nSPS) is 10.8. The highest BCUT2D eigenvalue weighted by molar-refractivity contribution is 5.95. The van der Waals surface area contributed by atoms with E-state index in [1.807, 2.05) is 181 Å². The average molecular weight is 1180 g/mol. The van der Waals surface area contributed by atoms with E-state index in [2.05, 4.69) is 32.0 Å². The van der Waals surface area contributed by atoms with Crippen LogP contribution in [-0.4, -0.2) is 64.0 Å². The van der Waals surface area contributed by atoms with Gasteiger partial charge in [-0.1, -0.05) is 104 Å². The summed E-state index contributed by atoms with van der Waals surface area (Å²) in [7, 11) is 0. The number of pyridine rings is 2. The lowest BCUT2D eigenvalue weighted by atomic mass is 10.1. The molecule has 2 heterocycles. The third-order valence-electron chi connectivity index (χ3n) is 13.8. The zero-order valence-corrected chi connectivity index (χ0v) is 51.3. The van der Waals surface area contributed by atoms with Crippen LogP contribution in [0.4, 0.5) is 16.2 Å². The van der Waals surface area contributed by atoms with Crippen molar-refractivity contribution in [2.45, 2.75) is 145 Å². The van der Waals surface area contributed by atoms with Crippen LogP contribution in [0.2, 0.25) is 0 Å². The number of aryl methyl sites for hydroxylation is 2. The van der Waals surface area contributed by atoms with E-state index in [9.17, 15) is 19.6 Å². The number of benzene rings is 5. The molecule has 0 aliphatic heterocycles. The van der Waals surface area contributed by atoms with Gasteiger partial charge in [0.25, 0.3) is 0 Å². The first-order valence-corrected chi connectivity index (χ1v) is 29.8. The number of ether oxygens (including phenoxy) is 5. The molecule has 0 saturated carbocycles. The van der Waals surface area contributed by atoms with Gasteiger partial charge >= 0.3 is 18.0 Å². The molecule has 6 N–H and O–H groups in total. The molecule has 5 aromatic carbocycles. The molecule has 17 nitrogen and oxygen atoms in total. The van der Waals surface area contributed by atoms with Crippen molar-refractivity contribution in [1.82, 2.24) is 20.2 Å². The molecule has 0 radical (unpaired) electrons. The molecule has 7 rings (SSSR count). The number of rotatable bonds is 32. The summed E-state index contributed by atoms with van der Waals surface area (Å²) in [6.07, 6.45) is 8.89. The maximum atomic E-state index is 13.6. The fourth-order valence-electron chi connectivity index (χ4n) is 9.14. The largest absolute Gasteiger partial charge is 0.487 e. The highest BCUT2D eigenvalue weighted by Gasteiger charge is 2.26. The van der Waals surface area contributed by atoms with Crippen molar-refractivity contribution in [3.8, 4) is 17.6 Å². The molecule has 0 aliphatic carbocycles.